The highest BCUT2D eigenvalue weighted by molar-refractivity contribution is 7.89. The molecule has 0 aromatic heterocycles. The summed E-state index contributed by atoms with van der Waals surface area (Å²) in [4.78, 5) is 0. The van der Waals surface area contributed by atoms with Crippen molar-refractivity contribution in [2.24, 2.45) is 0 Å². The lowest BCUT2D eigenvalue weighted by atomic mass is 10.1. The molecule has 0 aliphatic rings. The molecule has 0 radical (unpaired) electrons. The standard InChI is InChI=1S/C15H33NO2S/c1-3-5-7-8-9-10-11-12-13-14-16-19(17,18)15-6-4-2/h16H,3-15H2,1-2H3. The zero-order valence-corrected chi connectivity index (χ0v) is 13.7. The van der Waals surface area contributed by atoms with Crippen molar-refractivity contribution >= 4 is 10.0 Å². The first-order valence-electron chi connectivity index (χ1n) is 8.09. The Hall–Kier alpha value is -0.0900. The zero-order valence-electron chi connectivity index (χ0n) is 12.9. The van der Waals surface area contributed by atoms with Gasteiger partial charge in [0.05, 0.1) is 5.75 Å². The Morgan fingerprint density at radius 1 is 0.684 bits per heavy atom. The first-order chi connectivity index (χ1) is 9.12. The quantitative estimate of drug-likeness (QED) is 0.487. The van der Waals surface area contributed by atoms with E-state index in [2.05, 4.69) is 11.6 Å². The highest BCUT2D eigenvalue weighted by Crippen LogP contribution is 2.09. The van der Waals surface area contributed by atoms with Gasteiger partial charge in [-0.25, -0.2) is 13.1 Å². The first-order valence-corrected chi connectivity index (χ1v) is 9.75. The third-order valence-corrected chi connectivity index (χ3v) is 4.84. The highest BCUT2D eigenvalue weighted by atomic mass is 32.2. The molecule has 0 rings (SSSR count). The van der Waals surface area contributed by atoms with Crippen molar-refractivity contribution in [1.82, 2.24) is 4.72 Å². The molecule has 0 unspecified atom stereocenters. The van der Waals surface area contributed by atoms with E-state index in [4.69, 9.17) is 0 Å². The molecule has 0 aromatic rings. The van der Waals surface area contributed by atoms with Crippen LogP contribution >= 0.6 is 0 Å². The summed E-state index contributed by atoms with van der Waals surface area (Å²) in [6.45, 7) is 4.86. The van der Waals surface area contributed by atoms with Crippen molar-refractivity contribution < 1.29 is 8.42 Å². The molecule has 0 amide bonds. The molecule has 0 saturated heterocycles. The third kappa shape index (κ3) is 14.1. The lowest BCUT2D eigenvalue weighted by molar-refractivity contribution is 0.553. The van der Waals surface area contributed by atoms with Crippen LogP contribution in [0.2, 0.25) is 0 Å². The summed E-state index contributed by atoms with van der Waals surface area (Å²) in [5.41, 5.74) is 0. The van der Waals surface area contributed by atoms with Gasteiger partial charge in [0.2, 0.25) is 10.0 Å². The van der Waals surface area contributed by atoms with Gasteiger partial charge in [-0.2, -0.15) is 0 Å². The zero-order chi connectivity index (χ0) is 14.4. The number of hydrogen-bond acceptors (Lipinski definition) is 2. The minimum Gasteiger partial charge on any atom is -0.215 e. The van der Waals surface area contributed by atoms with E-state index in [9.17, 15) is 8.42 Å². The predicted molar refractivity (Wildman–Crippen MR) is 83.9 cm³/mol. The van der Waals surface area contributed by atoms with Crippen LogP contribution in [0.5, 0.6) is 0 Å². The van der Waals surface area contributed by atoms with Gasteiger partial charge in [-0.3, -0.25) is 0 Å². The average Bonchev–Trinajstić information content (AvgIpc) is 2.38. The second kappa shape index (κ2) is 12.9. The van der Waals surface area contributed by atoms with Crippen molar-refractivity contribution in [3.05, 3.63) is 0 Å². The summed E-state index contributed by atoms with van der Waals surface area (Å²) in [6.07, 6.45) is 13.1. The summed E-state index contributed by atoms with van der Waals surface area (Å²) >= 11 is 0. The average molecular weight is 292 g/mol. The Bertz CT molecular complexity index is 276. The van der Waals surface area contributed by atoms with Crippen molar-refractivity contribution in [3.63, 3.8) is 0 Å². The molecule has 116 valence electrons. The minimum atomic E-state index is -3.00. The number of rotatable bonds is 14. The maximum Gasteiger partial charge on any atom is 0.211 e. The molecule has 3 nitrogen and oxygen atoms in total. The topological polar surface area (TPSA) is 46.2 Å². The van der Waals surface area contributed by atoms with Crippen molar-refractivity contribution in [2.45, 2.75) is 84.5 Å². The second-order valence-corrected chi connectivity index (χ2v) is 7.32. The maximum atomic E-state index is 11.5. The summed E-state index contributed by atoms with van der Waals surface area (Å²) < 4.78 is 25.7. The van der Waals surface area contributed by atoms with Gasteiger partial charge in [-0.1, -0.05) is 71.6 Å². The van der Waals surface area contributed by atoms with Gasteiger partial charge < -0.3 is 0 Å². The van der Waals surface area contributed by atoms with Crippen LogP contribution in [0.15, 0.2) is 0 Å². The highest BCUT2D eigenvalue weighted by Gasteiger charge is 2.07. The smallest absolute Gasteiger partial charge is 0.211 e. The Morgan fingerprint density at radius 3 is 1.68 bits per heavy atom. The van der Waals surface area contributed by atoms with Gasteiger partial charge in [0.15, 0.2) is 0 Å². The van der Waals surface area contributed by atoms with Gasteiger partial charge >= 0.3 is 0 Å². The second-order valence-electron chi connectivity index (χ2n) is 5.40. The molecule has 1 N–H and O–H groups in total. The van der Waals surface area contributed by atoms with Crippen molar-refractivity contribution in [3.8, 4) is 0 Å². The van der Waals surface area contributed by atoms with E-state index in [0.29, 0.717) is 6.54 Å². The van der Waals surface area contributed by atoms with E-state index < -0.39 is 10.0 Å². The third-order valence-electron chi connectivity index (χ3n) is 3.37. The molecule has 0 aliphatic heterocycles. The molecule has 0 bridgehead atoms. The van der Waals surface area contributed by atoms with Crippen molar-refractivity contribution in [2.75, 3.05) is 12.3 Å². The molecule has 0 fully saturated rings. The summed E-state index contributed by atoms with van der Waals surface area (Å²) in [5.74, 6) is 0.279. The number of sulfonamides is 1. The van der Waals surface area contributed by atoms with Crippen LogP contribution in [0.4, 0.5) is 0 Å². The van der Waals surface area contributed by atoms with Gasteiger partial charge in [-0.15, -0.1) is 0 Å². The monoisotopic (exact) mass is 291 g/mol. The van der Waals surface area contributed by atoms with Crippen LogP contribution in [0.3, 0.4) is 0 Å². The molecule has 4 heteroatoms. The van der Waals surface area contributed by atoms with Crippen LogP contribution in [-0.4, -0.2) is 20.7 Å². The molecular formula is C15H33NO2S. The SMILES string of the molecule is CCCCCCCCCCCNS(=O)(=O)CCCC. The molecule has 0 aliphatic carbocycles. The maximum absolute atomic E-state index is 11.5. The minimum absolute atomic E-state index is 0.279. The van der Waals surface area contributed by atoms with E-state index in [1.165, 1.54) is 44.9 Å². The Labute approximate surface area is 120 Å². The fourth-order valence-corrected chi connectivity index (χ4v) is 3.34. The number of hydrogen-bond donors (Lipinski definition) is 1. The molecule has 0 atom stereocenters. The number of nitrogens with one attached hydrogen (secondary N) is 1. The van der Waals surface area contributed by atoms with Gasteiger partial charge in [-0.05, 0) is 12.8 Å². The normalized spacial score (nSPS) is 11.9. The molecule has 0 aromatic carbocycles. The van der Waals surface area contributed by atoms with Crippen LogP contribution in [0.1, 0.15) is 84.5 Å². The lowest BCUT2D eigenvalue weighted by Gasteiger charge is -2.06. The van der Waals surface area contributed by atoms with E-state index >= 15 is 0 Å². The van der Waals surface area contributed by atoms with Crippen LogP contribution in [0.25, 0.3) is 0 Å². The lowest BCUT2D eigenvalue weighted by Crippen LogP contribution is -2.27. The fraction of sp³-hybridized carbons (Fsp3) is 1.00. The summed E-state index contributed by atoms with van der Waals surface area (Å²) in [7, 11) is -3.00. The van der Waals surface area contributed by atoms with Gasteiger partial charge in [0.1, 0.15) is 0 Å². The van der Waals surface area contributed by atoms with Crippen LogP contribution < -0.4 is 4.72 Å². The largest absolute Gasteiger partial charge is 0.215 e. The van der Waals surface area contributed by atoms with E-state index in [1.54, 1.807) is 0 Å². The Kier molecular flexibility index (Phi) is 12.9. The van der Waals surface area contributed by atoms with Gasteiger partial charge in [0.25, 0.3) is 0 Å². The fourth-order valence-electron chi connectivity index (χ4n) is 2.07. The van der Waals surface area contributed by atoms with E-state index in [-0.39, 0.29) is 5.75 Å². The molecule has 0 heterocycles. The van der Waals surface area contributed by atoms with Crippen molar-refractivity contribution in [1.29, 1.82) is 0 Å². The van der Waals surface area contributed by atoms with Crippen LogP contribution in [0, 0.1) is 0 Å². The molecular weight excluding hydrogens is 258 g/mol. The molecule has 0 saturated carbocycles. The van der Waals surface area contributed by atoms with Gasteiger partial charge in [0, 0.05) is 6.54 Å². The van der Waals surface area contributed by atoms with Crippen LogP contribution in [-0.2, 0) is 10.0 Å². The number of unbranched alkanes of at least 4 members (excludes halogenated alkanes) is 9. The van der Waals surface area contributed by atoms with E-state index in [1.807, 2.05) is 6.92 Å². The Balaban J connectivity index is 3.26. The predicted octanol–water partition coefficient (Wildman–Crippen LogP) is 4.24. The molecule has 0 spiro atoms. The summed E-state index contributed by atoms with van der Waals surface area (Å²) in [6, 6.07) is 0. The molecule has 19 heavy (non-hydrogen) atoms. The summed E-state index contributed by atoms with van der Waals surface area (Å²) in [5, 5.41) is 0. The first kappa shape index (κ1) is 18.9. The Morgan fingerprint density at radius 2 is 1.16 bits per heavy atom. The van der Waals surface area contributed by atoms with E-state index in [0.717, 1.165) is 25.7 Å².